The summed E-state index contributed by atoms with van der Waals surface area (Å²) >= 11 is 0. The van der Waals surface area contributed by atoms with Gasteiger partial charge in [0.1, 0.15) is 5.60 Å². The standard InChI is InChI=1S/C14H27N3O2/c1-6-14(7-2,18-8-3)13-16-12(19-17-13)11(15)9-10(4)5/h10-11H,6-9,15H2,1-5H3. The Hall–Kier alpha value is -0.940. The van der Waals surface area contributed by atoms with E-state index in [1.165, 1.54) is 0 Å². The Morgan fingerprint density at radius 1 is 1.26 bits per heavy atom. The monoisotopic (exact) mass is 269 g/mol. The van der Waals surface area contributed by atoms with Crippen LogP contribution in [0.2, 0.25) is 0 Å². The molecule has 1 aromatic heterocycles. The van der Waals surface area contributed by atoms with Gasteiger partial charge in [0.25, 0.3) is 0 Å². The van der Waals surface area contributed by atoms with Crippen molar-refractivity contribution in [2.45, 2.75) is 65.5 Å². The van der Waals surface area contributed by atoms with E-state index < -0.39 is 5.60 Å². The first-order chi connectivity index (χ1) is 8.99. The number of aromatic nitrogens is 2. The Morgan fingerprint density at radius 3 is 2.37 bits per heavy atom. The molecule has 0 aliphatic heterocycles. The van der Waals surface area contributed by atoms with Gasteiger partial charge in [-0.1, -0.05) is 32.9 Å². The molecule has 0 radical (unpaired) electrons. The van der Waals surface area contributed by atoms with Gasteiger partial charge in [0, 0.05) is 6.61 Å². The molecule has 0 spiro atoms. The van der Waals surface area contributed by atoms with Gasteiger partial charge >= 0.3 is 0 Å². The second-order valence-corrected chi connectivity index (χ2v) is 5.33. The summed E-state index contributed by atoms with van der Waals surface area (Å²) in [6.45, 7) is 11.0. The number of hydrogen-bond acceptors (Lipinski definition) is 5. The third-order valence-corrected chi connectivity index (χ3v) is 3.45. The fourth-order valence-corrected chi connectivity index (χ4v) is 2.29. The van der Waals surface area contributed by atoms with Crippen LogP contribution in [-0.2, 0) is 10.3 Å². The van der Waals surface area contributed by atoms with Crippen LogP contribution in [0, 0.1) is 5.92 Å². The lowest BCUT2D eigenvalue weighted by molar-refractivity contribution is -0.0583. The molecule has 1 unspecified atom stereocenters. The molecule has 0 saturated carbocycles. The summed E-state index contributed by atoms with van der Waals surface area (Å²) in [6.07, 6.45) is 2.47. The molecular weight excluding hydrogens is 242 g/mol. The van der Waals surface area contributed by atoms with Crippen LogP contribution in [0.3, 0.4) is 0 Å². The molecule has 0 amide bonds. The lowest BCUT2D eigenvalue weighted by Gasteiger charge is -2.27. The third kappa shape index (κ3) is 3.76. The number of rotatable bonds is 8. The van der Waals surface area contributed by atoms with E-state index in [0.29, 0.717) is 24.2 Å². The smallest absolute Gasteiger partial charge is 0.243 e. The van der Waals surface area contributed by atoms with E-state index in [4.69, 9.17) is 15.0 Å². The predicted octanol–water partition coefficient (Wildman–Crippen LogP) is 3.17. The molecule has 0 aliphatic carbocycles. The Bertz CT molecular complexity index is 373. The summed E-state index contributed by atoms with van der Waals surface area (Å²) in [7, 11) is 0. The normalized spacial score (nSPS) is 14.1. The highest BCUT2D eigenvalue weighted by atomic mass is 16.5. The Labute approximate surface area is 115 Å². The SMILES string of the molecule is CCOC(CC)(CC)c1noc(C(N)CC(C)C)n1. The average molecular weight is 269 g/mol. The third-order valence-electron chi connectivity index (χ3n) is 3.45. The molecule has 1 heterocycles. The Kier molecular flexibility index (Phi) is 5.94. The van der Waals surface area contributed by atoms with Crippen LogP contribution in [-0.4, -0.2) is 16.7 Å². The van der Waals surface area contributed by atoms with Crippen molar-refractivity contribution in [2.24, 2.45) is 11.7 Å². The zero-order valence-corrected chi connectivity index (χ0v) is 12.8. The highest BCUT2D eigenvalue weighted by Gasteiger charge is 2.35. The Balaban J connectivity index is 2.92. The second kappa shape index (κ2) is 7.01. The van der Waals surface area contributed by atoms with Gasteiger partial charge in [-0.05, 0) is 32.1 Å². The van der Waals surface area contributed by atoms with Gasteiger partial charge in [-0.25, -0.2) is 0 Å². The summed E-state index contributed by atoms with van der Waals surface area (Å²) in [5.74, 6) is 1.63. The zero-order valence-electron chi connectivity index (χ0n) is 12.8. The van der Waals surface area contributed by atoms with Gasteiger partial charge < -0.3 is 15.0 Å². The molecule has 0 saturated heterocycles. The fraction of sp³-hybridized carbons (Fsp3) is 0.857. The molecule has 0 aliphatic rings. The summed E-state index contributed by atoms with van der Waals surface area (Å²) < 4.78 is 11.2. The first-order valence-electron chi connectivity index (χ1n) is 7.22. The topological polar surface area (TPSA) is 74.2 Å². The van der Waals surface area contributed by atoms with Crippen molar-refractivity contribution >= 4 is 0 Å². The largest absolute Gasteiger partial charge is 0.367 e. The maximum absolute atomic E-state index is 6.07. The molecule has 1 rings (SSSR count). The zero-order chi connectivity index (χ0) is 14.5. The molecule has 0 bridgehead atoms. The van der Waals surface area contributed by atoms with Crippen LogP contribution >= 0.6 is 0 Å². The van der Waals surface area contributed by atoms with Crippen molar-refractivity contribution in [1.29, 1.82) is 0 Å². The van der Waals surface area contributed by atoms with Crippen LogP contribution < -0.4 is 5.73 Å². The first-order valence-corrected chi connectivity index (χ1v) is 7.22. The van der Waals surface area contributed by atoms with Crippen LogP contribution in [0.1, 0.15) is 71.6 Å². The maximum Gasteiger partial charge on any atom is 0.243 e. The number of hydrogen-bond donors (Lipinski definition) is 1. The number of ether oxygens (including phenoxy) is 1. The predicted molar refractivity (Wildman–Crippen MR) is 74.6 cm³/mol. The van der Waals surface area contributed by atoms with Gasteiger partial charge in [-0.3, -0.25) is 0 Å². The molecule has 5 heteroatoms. The van der Waals surface area contributed by atoms with E-state index in [1.807, 2.05) is 6.92 Å². The van der Waals surface area contributed by atoms with E-state index >= 15 is 0 Å². The molecule has 110 valence electrons. The van der Waals surface area contributed by atoms with Crippen molar-refractivity contribution in [3.63, 3.8) is 0 Å². The highest BCUT2D eigenvalue weighted by molar-refractivity contribution is 5.02. The summed E-state index contributed by atoms with van der Waals surface area (Å²) in [4.78, 5) is 4.47. The average Bonchev–Trinajstić information content (AvgIpc) is 2.85. The van der Waals surface area contributed by atoms with Crippen molar-refractivity contribution in [2.75, 3.05) is 6.61 Å². The van der Waals surface area contributed by atoms with Crippen molar-refractivity contribution in [1.82, 2.24) is 10.1 Å². The lowest BCUT2D eigenvalue weighted by Crippen LogP contribution is -2.30. The van der Waals surface area contributed by atoms with Crippen LogP contribution in [0.25, 0.3) is 0 Å². The molecule has 2 N–H and O–H groups in total. The summed E-state index contributed by atoms with van der Waals surface area (Å²) in [6, 6.07) is -0.200. The van der Waals surface area contributed by atoms with Gasteiger partial charge in [-0.2, -0.15) is 4.98 Å². The number of nitrogens with zero attached hydrogens (tertiary/aromatic N) is 2. The first kappa shape index (κ1) is 16.1. The summed E-state index contributed by atoms with van der Waals surface area (Å²) in [5.41, 5.74) is 5.62. The number of nitrogens with two attached hydrogens (primary N) is 1. The van der Waals surface area contributed by atoms with E-state index in [1.54, 1.807) is 0 Å². The van der Waals surface area contributed by atoms with E-state index in [2.05, 4.69) is 37.8 Å². The molecule has 19 heavy (non-hydrogen) atoms. The van der Waals surface area contributed by atoms with Crippen LogP contribution in [0.5, 0.6) is 0 Å². The molecule has 0 aromatic carbocycles. The van der Waals surface area contributed by atoms with Crippen molar-refractivity contribution in [3.8, 4) is 0 Å². The molecule has 0 fully saturated rings. The molecule has 5 nitrogen and oxygen atoms in total. The van der Waals surface area contributed by atoms with Crippen molar-refractivity contribution < 1.29 is 9.26 Å². The van der Waals surface area contributed by atoms with E-state index in [-0.39, 0.29) is 6.04 Å². The van der Waals surface area contributed by atoms with Gasteiger partial charge in [0.05, 0.1) is 6.04 Å². The highest BCUT2D eigenvalue weighted by Crippen LogP contribution is 2.31. The fourth-order valence-electron chi connectivity index (χ4n) is 2.29. The quantitative estimate of drug-likeness (QED) is 0.784. The Morgan fingerprint density at radius 2 is 1.89 bits per heavy atom. The van der Waals surface area contributed by atoms with Gasteiger partial charge in [-0.15, -0.1) is 0 Å². The van der Waals surface area contributed by atoms with Gasteiger partial charge in [0.15, 0.2) is 0 Å². The molecular formula is C14H27N3O2. The minimum atomic E-state index is -0.450. The maximum atomic E-state index is 6.07. The minimum absolute atomic E-state index is 0.200. The molecule has 1 atom stereocenters. The van der Waals surface area contributed by atoms with E-state index in [0.717, 1.165) is 19.3 Å². The van der Waals surface area contributed by atoms with Crippen LogP contribution in [0.4, 0.5) is 0 Å². The van der Waals surface area contributed by atoms with E-state index in [9.17, 15) is 0 Å². The minimum Gasteiger partial charge on any atom is -0.367 e. The second-order valence-electron chi connectivity index (χ2n) is 5.33. The summed E-state index contributed by atoms with van der Waals surface area (Å²) in [5, 5.41) is 4.09. The van der Waals surface area contributed by atoms with Gasteiger partial charge in [0.2, 0.25) is 11.7 Å². The van der Waals surface area contributed by atoms with Crippen LogP contribution in [0.15, 0.2) is 4.52 Å². The lowest BCUT2D eigenvalue weighted by atomic mass is 9.96. The van der Waals surface area contributed by atoms with Crippen molar-refractivity contribution in [3.05, 3.63) is 11.7 Å². The molecule has 1 aromatic rings.